The van der Waals surface area contributed by atoms with E-state index in [4.69, 9.17) is 5.11 Å². The van der Waals surface area contributed by atoms with Crippen molar-refractivity contribution < 1.29 is 19.1 Å². The molecule has 4 nitrogen and oxygen atoms in total. The largest absolute Gasteiger partial charge is 0.478 e. The van der Waals surface area contributed by atoms with Crippen LogP contribution in [0.1, 0.15) is 31.8 Å². The third-order valence-corrected chi connectivity index (χ3v) is 3.53. The summed E-state index contributed by atoms with van der Waals surface area (Å²) in [7, 11) is 0. The summed E-state index contributed by atoms with van der Waals surface area (Å²) in [6, 6.07) is 10.7. The molecule has 1 amide bonds. The van der Waals surface area contributed by atoms with Gasteiger partial charge in [-0.2, -0.15) is 0 Å². The van der Waals surface area contributed by atoms with Gasteiger partial charge >= 0.3 is 5.97 Å². The SMILES string of the molecule is O=C(O)c1cccc2c1C(=O)N(Cc1ccc(F)cc1)C2. The smallest absolute Gasteiger partial charge is 0.336 e. The number of carbonyl (C=O) groups excluding carboxylic acids is 1. The van der Waals surface area contributed by atoms with E-state index in [1.165, 1.54) is 18.2 Å². The molecule has 2 aromatic carbocycles. The molecule has 0 atom stereocenters. The maximum atomic E-state index is 12.9. The van der Waals surface area contributed by atoms with Gasteiger partial charge in [0.2, 0.25) is 0 Å². The first kappa shape index (κ1) is 13.3. The number of nitrogens with zero attached hydrogens (tertiary/aromatic N) is 1. The fraction of sp³-hybridized carbons (Fsp3) is 0.125. The Morgan fingerprint density at radius 2 is 1.90 bits per heavy atom. The molecule has 1 N–H and O–H groups in total. The molecule has 0 aromatic heterocycles. The first-order valence-corrected chi connectivity index (χ1v) is 6.45. The average molecular weight is 285 g/mol. The number of rotatable bonds is 3. The van der Waals surface area contributed by atoms with Crippen LogP contribution in [0.4, 0.5) is 4.39 Å². The number of hydrogen-bond acceptors (Lipinski definition) is 2. The van der Waals surface area contributed by atoms with Crippen molar-refractivity contribution in [3.63, 3.8) is 0 Å². The fourth-order valence-electron chi connectivity index (χ4n) is 2.54. The molecule has 1 aliphatic heterocycles. The number of halogens is 1. The van der Waals surface area contributed by atoms with Crippen LogP contribution in [-0.2, 0) is 13.1 Å². The van der Waals surface area contributed by atoms with Crippen LogP contribution in [0.5, 0.6) is 0 Å². The van der Waals surface area contributed by atoms with Crippen molar-refractivity contribution >= 4 is 11.9 Å². The Morgan fingerprint density at radius 3 is 2.57 bits per heavy atom. The number of hydrogen-bond donors (Lipinski definition) is 1. The van der Waals surface area contributed by atoms with E-state index in [-0.39, 0.29) is 22.9 Å². The first-order valence-electron chi connectivity index (χ1n) is 6.45. The zero-order valence-electron chi connectivity index (χ0n) is 11.0. The van der Waals surface area contributed by atoms with E-state index >= 15 is 0 Å². The van der Waals surface area contributed by atoms with Gasteiger partial charge in [-0.05, 0) is 29.3 Å². The number of aromatic carboxylic acids is 1. The third kappa shape index (κ3) is 2.38. The second-order valence-electron chi connectivity index (χ2n) is 4.93. The molecular weight excluding hydrogens is 273 g/mol. The number of fused-ring (bicyclic) bond motifs is 1. The Hall–Kier alpha value is -2.69. The van der Waals surface area contributed by atoms with E-state index in [1.807, 2.05) is 0 Å². The fourth-order valence-corrected chi connectivity index (χ4v) is 2.54. The molecule has 106 valence electrons. The van der Waals surface area contributed by atoms with Crippen LogP contribution < -0.4 is 0 Å². The summed E-state index contributed by atoms with van der Waals surface area (Å²) < 4.78 is 12.9. The maximum Gasteiger partial charge on any atom is 0.336 e. The molecular formula is C16H12FNO3. The van der Waals surface area contributed by atoms with Gasteiger partial charge in [-0.3, -0.25) is 4.79 Å². The molecule has 0 fully saturated rings. The topological polar surface area (TPSA) is 57.6 Å². The monoisotopic (exact) mass is 285 g/mol. The lowest BCUT2D eigenvalue weighted by Crippen LogP contribution is -2.24. The van der Waals surface area contributed by atoms with Gasteiger partial charge in [-0.1, -0.05) is 24.3 Å². The first-order chi connectivity index (χ1) is 10.1. The number of carbonyl (C=O) groups is 2. The van der Waals surface area contributed by atoms with Crippen LogP contribution in [-0.4, -0.2) is 21.9 Å². The molecule has 0 bridgehead atoms. The van der Waals surface area contributed by atoms with Gasteiger partial charge in [0.05, 0.1) is 11.1 Å². The summed E-state index contributed by atoms with van der Waals surface area (Å²) in [5.74, 6) is -1.74. The maximum absolute atomic E-state index is 12.9. The second kappa shape index (κ2) is 5.01. The molecule has 0 saturated carbocycles. The van der Waals surface area contributed by atoms with Gasteiger partial charge in [0.15, 0.2) is 0 Å². The summed E-state index contributed by atoms with van der Waals surface area (Å²) in [6.07, 6.45) is 0. The van der Waals surface area contributed by atoms with Crippen LogP contribution in [0.25, 0.3) is 0 Å². The molecule has 0 aliphatic carbocycles. The normalized spacial score (nSPS) is 13.4. The van der Waals surface area contributed by atoms with Crippen molar-refractivity contribution in [1.82, 2.24) is 4.90 Å². The van der Waals surface area contributed by atoms with Crippen molar-refractivity contribution in [2.75, 3.05) is 0 Å². The summed E-state index contributed by atoms with van der Waals surface area (Å²) >= 11 is 0. The van der Waals surface area contributed by atoms with Gasteiger partial charge in [-0.15, -0.1) is 0 Å². The molecule has 2 aromatic rings. The highest BCUT2D eigenvalue weighted by atomic mass is 19.1. The molecule has 0 unspecified atom stereocenters. The quantitative estimate of drug-likeness (QED) is 0.943. The van der Waals surface area contributed by atoms with Crippen molar-refractivity contribution in [3.05, 3.63) is 70.5 Å². The minimum absolute atomic E-state index is 0.0270. The van der Waals surface area contributed by atoms with Crippen LogP contribution in [0.2, 0.25) is 0 Å². The van der Waals surface area contributed by atoms with Crippen LogP contribution in [0, 0.1) is 5.82 Å². The zero-order valence-corrected chi connectivity index (χ0v) is 11.0. The number of carboxylic acid groups (broad SMARTS) is 1. The summed E-state index contributed by atoms with van der Waals surface area (Å²) in [6.45, 7) is 0.694. The third-order valence-electron chi connectivity index (χ3n) is 3.53. The minimum Gasteiger partial charge on any atom is -0.478 e. The van der Waals surface area contributed by atoms with Crippen LogP contribution in [0.15, 0.2) is 42.5 Å². The molecule has 0 radical (unpaired) electrons. The Kier molecular flexibility index (Phi) is 3.17. The Labute approximate surface area is 120 Å². The van der Waals surface area contributed by atoms with Crippen LogP contribution in [0.3, 0.4) is 0 Å². The van der Waals surface area contributed by atoms with Crippen molar-refractivity contribution in [1.29, 1.82) is 0 Å². The number of amides is 1. The van der Waals surface area contributed by atoms with E-state index in [9.17, 15) is 14.0 Å². The number of benzene rings is 2. The Bertz CT molecular complexity index is 725. The predicted octanol–water partition coefficient (Wildman–Crippen LogP) is 2.68. The minimum atomic E-state index is -1.11. The molecule has 0 saturated heterocycles. The second-order valence-corrected chi connectivity index (χ2v) is 4.93. The van der Waals surface area contributed by atoms with E-state index < -0.39 is 5.97 Å². The number of carboxylic acids is 1. The van der Waals surface area contributed by atoms with E-state index in [2.05, 4.69) is 0 Å². The highest BCUT2D eigenvalue weighted by molar-refractivity contribution is 6.07. The lowest BCUT2D eigenvalue weighted by atomic mass is 10.0. The van der Waals surface area contributed by atoms with Crippen molar-refractivity contribution in [2.24, 2.45) is 0 Å². The predicted molar refractivity (Wildman–Crippen MR) is 73.4 cm³/mol. The molecule has 21 heavy (non-hydrogen) atoms. The highest BCUT2D eigenvalue weighted by Gasteiger charge is 2.31. The van der Waals surface area contributed by atoms with Gasteiger partial charge < -0.3 is 10.0 Å². The molecule has 1 aliphatic rings. The van der Waals surface area contributed by atoms with Gasteiger partial charge in [0.25, 0.3) is 5.91 Å². The van der Waals surface area contributed by atoms with Crippen molar-refractivity contribution in [3.8, 4) is 0 Å². The van der Waals surface area contributed by atoms with E-state index in [1.54, 1.807) is 29.2 Å². The standard InChI is InChI=1S/C16H12FNO3/c17-12-6-4-10(5-7-12)8-18-9-11-2-1-3-13(16(20)21)14(11)15(18)19/h1-7H,8-9H2,(H,20,21). The van der Waals surface area contributed by atoms with Gasteiger partial charge in [-0.25, -0.2) is 9.18 Å². The molecule has 0 spiro atoms. The molecule has 3 rings (SSSR count). The van der Waals surface area contributed by atoms with Gasteiger partial charge in [0.1, 0.15) is 5.82 Å². The lowest BCUT2D eigenvalue weighted by molar-refractivity contribution is 0.0681. The molecule has 1 heterocycles. The summed E-state index contributed by atoms with van der Waals surface area (Å²) in [5.41, 5.74) is 1.79. The average Bonchev–Trinajstić information content (AvgIpc) is 2.78. The van der Waals surface area contributed by atoms with E-state index in [0.717, 1.165) is 5.56 Å². The zero-order chi connectivity index (χ0) is 15.0. The van der Waals surface area contributed by atoms with Crippen LogP contribution >= 0.6 is 0 Å². The summed E-state index contributed by atoms with van der Waals surface area (Å²) in [5, 5.41) is 9.16. The highest BCUT2D eigenvalue weighted by Crippen LogP contribution is 2.27. The Balaban J connectivity index is 1.89. The Morgan fingerprint density at radius 1 is 1.19 bits per heavy atom. The lowest BCUT2D eigenvalue weighted by Gasteiger charge is -2.15. The molecule has 5 heteroatoms. The van der Waals surface area contributed by atoms with Crippen molar-refractivity contribution in [2.45, 2.75) is 13.1 Å². The summed E-state index contributed by atoms with van der Waals surface area (Å²) in [4.78, 5) is 25.1. The van der Waals surface area contributed by atoms with Gasteiger partial charge in [0, 0.05) is 13.1 Å². The van der Waals surface area contributed by atoms with E-state index in [0.29, 0.717) is 18.7 Å².